The van der Waals surface area contributed by atoms with E-state index in [1.54, 1.807) is 6.20 Å². The summed E-state index contributed by atoms with van der Waals surface area (Å²) in [5, 5.41) is 8.69. The zero-order valence-electron chi connectivity index (χ0n) is 9.18. The molecular weight excluding hydrogens is 265 g/mol. The topological polar surface area (TPSA) is 51.6 Å². The molecule has 77 valence electrons. The van der Waals surface area contributed by atoms with Crippen molar-refractivity contribution in [3.8, 4) is 0 Å². The van der Waals surface area contributed by atoms with E-state index in [1.807, 2.05) is 6.07 Å². The first-order valence-corrected chi connectivity index (χ1v) is 4.21. The molecule has 0 aliphatic heterocycles. The average molecular weight is 278 g/mol. The van der Waals surface area contributed by atoms with E-state index in [1.165, 1.54) is 6.33 Å². The Morgan fingerprint density at radius 1 is 1.20 bits per heavy atom. The standard InChI is InChI=1S/C9H10N4.CH3.Y/c1-6(2)8-7-3-4-12-13-9(7)11-5-10-8;;/h3-6H,1-2H3;1H3;/q;-1;. The van der Waals surface area contributed by atoms with Gasteiger partial charge in [0.15, 0.2) is 5.65 Å². The van der Waals surface area contributed by atoms with Gasteiger partial charge in [-0.2, -0.15) is 5.10 Å². The zero-order valence-corrected chi connectivity index (χ0v) is 12.0. The summed E-state index contributed by atoms with van der Waals surface area (Å²) in [5.74, 6) is 0.384. The van der Waals surface area contributed by atoms with Crippen LogP contribution in [-0.4, -0.2) is 20.2 Å². The van der Waals surface area contributed by atoms with Gasteiger partial charge in [-0.3, -0.25) is 0 Å². The monoisotopic (exact) mass is 278 g/mol. The van der Waals surface area contributed by atoms with E-state index >= 15 is 0 Å². The molecule has 4 nitrogen and oxygen atoms in total. The van der Waals surface area contributed by atoms with Crippen molar-refractivity contribution in [3.63, 3.8) is 0 Å². The minimum absolute atomic E-state index is 0. The van der Waals surface area contributed by atoms with Crippen molar-refractivity contribution >= 4 is 11.0 Å². The fraction of sp³-hybridized carbons (Fsp3) is 0.300. The number of fused-ring (bicyclic) bond motifs is 1. The second-order valence-electron chi connectivity index (χ2n) is 3.18. The maximum atomic E-state index is 4.23. The fourth-order valence-corrected chi connectivity index (χ4v) is 1.29. The first kappa shape index (κ1) is 14.5. The predicted molar refractivity (Wildman–Crippen MR) is 55.6 cm³/mol. The minimum atomic E-state index is 0. The summed E-state index contributed by atoms with van der Waals surface area (Å²) in [4.78, 5) is 8.27. The van der Waals surface area contributed by atoms with Crippen molar-refractivity contribution in [2.24, 2.45) is 0 Å². The normalized spacial score (nSPS) is 9.53. The Morgan fingerprint density at radius 3 is 2.60 bits per heavy atom. The summed E-state index contributed by atoms with van der Waals surface area (Å²) in [6.07, 6.45) is 3.20. The van der Waals surface area contributed by atoms with Gasteiger partial charge in [0.2, 0.25) is 0 Å². The zero-order chi connectivity index (χ0) is 9.26. The van der Waals surface area contributed by atoms with Crippen LogP contribution in [0.1, 0.15) is 25.5 Å². The van der Waals surface area contributed by atoms with Crippen LogP contribution in [0.25, 0.3) is 11.0 Å². The Kier molecular flexibility index (Phi) is 5.99. The number of aromatic nitrogens is 4. The summed E-state index contributed by atoms with van der Waals surface area (Å²) in [6.45, 7) is 4.20. The molecule has 2 aromatic heterocycles. The molecule has 0 saturated heterocycles. The molecule has 2 rings (SSSR count). The summed E-state index contributed by atoms with van der Waals surface area (Å²) in [7, 11) is 0. The van der Waals surface area contributed by atoms with Crippen molar-refractivity contribution in [2.45, 2.75) is 19.8 Å². The van der Waals surface area contributed by atoms with Gasteiger partial charge in [0.1, 0.15) is 6.33 Å². The number of hydrogen-bond acceptors (Lipinski definition) is 4. The quantitative estimate of drug-likeness (QED) is 0.748. The third-order valence-electron chi connectivity index (χ3n) is 1.90. The summed E-state index contributed by atoms with van der Waals surface area (Å²) in [5.41, 5.74) is 1.70. The van der Waals surface area contributed by atoms with Crippen LogP contribution in [0.4, 0.5) is 0 Å². The molecule has 0 unspecified atom stereocenters. The van der Waals surface area contributed by atoms with Gasteiger partial charge in [-0.1, -0.05) is 13.8 Å². The Bertz CT molecular complexity index is 425. The summed E-state index contributed by atoms with van der Waals surface area (Å²) >= 11 is 0. The van der Waals surface area contributed by atoms with E-state index in [9.17, 15) is 0 Å². The van der Waals surface area contributed by atoms with E-state index in [0.717, 1.165) is 11.1 Å². The van der Waals surface area contributed by atoms with Crippen LogP contribution in [0.15, 0.2) is 18.6 Å². The third kappa shape index (κ3) is 2.99. The van der Waals surface area contributed by atoms with Gasteiger partial charge in [0.05, 0.1) is 11.9 Å². The molecule has 0 N–H and O–H groups in total. The van der Waals surface area contributed by atoms with Crippen LogP contribution in [-0.2, 0) is 32.7 Å². The van der Waals surface area contributed by atoms with E-state index in [0.29, 0.717) is 11.6 Å². The van der Waals surface area contributed by atoms with Crippen LogP contribution < -0.4 is 0 Å². The van der Waals surface area contributed by atoms with Crippen molar-refractivity contribution in [1.29, 1.82) is 0 Å². The number of hydrogen-bond donors (Lipinski definition) is 0. The second kappa shape index (κ2) is 6.18. The van der Waals surface area contributed by atoms with E-state index < -0.39 is 0 Å². The van der Waals surface area contributed by atoms with Crippen molar-refractivity contribution in [2.75, 3.05) is 0 Å². The van der Waals surface area contributed by atoms with Crippen LogP contribution in [0.2, 0.25) is 0 Å². The minimum Gasteiger partial charge on any atom is -0.358 e. The first-order chi connectivity index (χ1) is 6.29. The van der Waals surface area contributed by atoms with Gasteiger partial charge in [0.25, 0.3) is 0 Å². The molecular formula is C10H13N4Y-. The Labute approximate surface area is 115 Å². The summed E-state index contributed by atoms with van der Waals surface area (Å²) < 4.78 is 0. The maximum absolute atomic E-state index is 4.23. The molecule has 0 aliphatic rings. The molecule has 0 bridgehead atoms. The van der Waals surface area contributed by atoms with Crippen LogP contribution in [0, 0.1) is 7.43 Å². The van der Waals surface area contributed by atoms with E-state index in [-0.39, 0.29) is 40.1 Å². The molecule has 0 atom stereocenters. The molecule has 2 heterocycles. The number of nitrogens with zero attached hydrogens (tertiary/aromatic N) is 4. The second-order valence-corrected chi connectivity index (χ2v) is 3.18. The van der Waals surface area contributed by atoms with Crippen molar-refractivity contribution in [3.05, 3.63) is 31.7 Å². The SMILES string of the molecule is CC(C)c1ncnc2nnccc12.[CH3-].[Y]. The van der Waals surface area contributed by atoms with E-state index in [2.05, 4.69) is 34.0 Å². The predicted octanol–water partition coefficient (Wildman–Crippen LogP) is 1.99. The molecule has 2 aromatic rings. The molecule has 0 aromatic carbocycles. The number of rotatable bonds is 1. The molecule has 0 saturated carbocycles. The van der Waals surface area contributed by atoms with Gasteiger partial charge < -0.3 is 7.43 Å². The Morgan fingerprint density at radius 2 is 1.93 bits per heavy atom. The maximum Gasteiger partial charge on any atom is 0.185 e. The average Bonchev–Trinajstić information content (AvgIpc) is 2.17. The van der Waals surface area contributed by atoms with Crippen molar-refractivity contribution in [1.82, 2.24) is 20.2 Å². The van der Waals surface area contributed by atoms with Crippen LogP contribution in [0.5, 0.6) is 0 Å². The van der Waals surface area contributed by atoms with Gasteiger partial charge in [0, 0.05) is 38.1 Å². The van der Waals surface area contributed by atoms with Gasteiger partial charge in [-0.05, 0) is 12.0 Å². The molecule has 0 fully saturated rings. The Balaban J connectivity index is 0.000000980. The van der Waals surface area contributed by atoms with E-state index in [4.69, 9.17) is 0 Å². The molecule has 1 radical (unpaired) electrons. The molecule has 15 heavy (non-hydrogen) atoms. The largest absolute Gasteiger partial charge is 0.358 e. The van der Waals surface area contributed by atoms with Crippen LogP contribution in [0.3, 0.4) is 0 Å². The first-order valence-electron chi connectivity index (χ1n) is 4.21. The molecule has 0 aliphatic carbocycles. The Hall–Kier alpha value is -0.476. The molecule has 0 spiro atoms. The van der Waals surface area contributed by atoms with Gasteiger partial charge in [-0.25, -0.2) is 9.97 Å². The smallest absolute Gasteiger partial charge is 0.185 e. The van der Waals surface area contributed by atoms with Crippen LogP contribution >= 0.6 is 0 Å². The fourth-order valence-electron chi connectivity index (χ4n) is 1.29. The third-order valence-corrected chi connectivity index (χ3v) is 1.90. The molecule has 5 heteroatoms. The van der Waals surface area contributed by atoms with Gasteiger partial charge >= 0.3 is 0 Å². The molecule has 0 amide bonds. The van der Waals surface area contributed by atoms with Crippen molar-refractivity contribution < 1.29 is 32.7 Å². The van der Waals surface area contributed by atoms with Gasteiger partial charge in [-0.15, -0.1) is 5.10 Å². The summed E-state index contributed by atoms with van der Waals surface area (Å²) in [6, 6.07) is 1.90.